The van der Waals surface area contributed by atoms with Crippen molar-refractivity contribution in [3.8, 4) is 0 Å². The normalized spacial score (nSPS) is 23.7. The van der Waals surface area contributed by atoms with E-state index in [-0.39, 0.29) is 28.4 Å². The second-order valence-corrected chi connectivity index (χ2v) is 10.4. The molecule has 1 N–H and O–H groups in total. The van der Waals surface area contributed by atoms with Crippen LogP contribution in [0.1, 0.15) is 42.6 Å². The maximum atomic E-state index is 13.0. The Balaban J connectivity index is 1.41. The Morgan fingerprint density at radius 2 is 1.63 bits per heavy atom. The number of nitrogens with one attached hydrogen (secondary N) is 1. The number of hydrogen-bond acceptors (Lipinski definition) is 4. The Morgan fingerprint density at radius 3 is 2.20 bits per heavy atom. The molecule has 0 bridgehead atoms. The molecule has 0 spiro atoms. The van der Waals surface area contributed by atoms with Crippen LogP contribution in [-0.4, -0.2) is 50.5 Å². The van der Waals surface area contributed by atoms with Gasteiger partial charge in [0, 0.05) is 30.6 Å². The number of morpholine rings is 1. The highest BCUT2D eigenvalue weighted by Crippen LogP contribution is 2.47. The van der Waals surface area contributed by atoms with Crippen LogP contribution in [0, 0.1) is 0 Å². The summed E-state index contributed by atoms with van der Waals surface area (Å²) < 4.78 is 33.0. The first kappa shape index (κ1) is 21.0. The zero-order valence-corrected chi connectivity index (χ0v) is 18.2. The van der Waals surface area contributed by atoms with E-state index in [0.29, 0.717) is 25.2 Å². The summed E-state index contributed by atoms with van der Waals surface area (Å²) in [6.45, 7) is 4.98. The fourth-order valence-corrected chi connectivity index (χ4v) is 5.71. The fourth-order valence-electron chi connectivity index (χ4n) is 4.12. The predicted molar refractivity (Wildman–Crippen MR) is 115 cm³/mol. The molecule has 7 heteroatoms. The number of hydrogen-bond donors (Lipinski definition) is 1. The number of sulfonamides is 1. The Hall–Kier alpha value is -2.22. The van der Waals surface area contributed by atoms with Crippen LogP contribution in [0.3, 0.4) is 0 Å². The summed E-state index contributed by atoms with van der Waals surface area (Å²) >= 11 is 0. The first-order valence-corrected chi connectivity index (χ1v) is 11.8. The van der Waals surface area contributed by atoms with Crippen molar-refractivity contribution in [2.45, 2.75) is 49.2 Å². The molecular weight excluding hydrogens is 400 g/mol. The largest absolute Gasteiger partial charge is 0.373 e. The van der Waals surface area contributed by atoms with E-state index in [9.17, 15) is 13.2 Å². The van der Waals surface area contributed by atoms with Crippen LogP contribution >= 0.6 is 0 Å². The van der Waals surface area contributed by atoms with E-state index in [1.807, 2.05) is 32.0 Å². The third-order valence-corrected chi connectivity index (χ3v) is 7.81. The average Bonchev–Trinajstić information content (AvgIpc) is 3.53. The lowest BCUT2D eigenvalue weighted by molar-refractivity contribution is -0.0440. The lowest BCUT2D eigenvalue weighted by Crippen LogP contribution is -2.48. The number of nitrogens with zero attached hydrogens (tertiary/aromatic N) is 1. The van der Waals surface area contributed by atoms with Crippen molar-refractivity contribution in [3.05, 3.63) is 65.7 Å². The van der Waals surface area contributed by atoms with Crippen LogP contribution in [0.5, 0.6) is 0 Å². The van der Waals surface area contributed by atoms with Gasteiger partial charge in [0.15, 0.2) is 0 Å². The predicted octanol–water partition coefficient (Wildman–Crippen LogP) is 2.95. The zero-order chi connectivity index (χ0) is 21.4. The van der Waals surface area contributed by atoms with E-state index in [2.05, 4.69) is 17.4 Å². The van der Waals surface area contributed by atoms with Gasteiger partial charge in [0.2, 0.25) is 10.0 Å². The summed E-state index contributed by atoms with van der Waals surface area (Å²) in [5, 5.41) is 3.02. The van der Waals surface area contributed by atoms with Crippen molar-refractivity contribution >= 4 is 15.9 Å². The van der Waals surface area contributed by atoms with E-state index in [1.165, 1.54) is 22.0 Å². The van der Waals surface area contributed by atoms with Crippen molar-refractivity contribution in [2.24, 2.45) is 0 Å². The third-order valence-electron chi connectivity index (χ3n) is 5.97. The summed E-state index contributed by atoms with van der Waals surface area (Å²) in [6.07, 6.45) is 1.83. The van der Waals surface area contributed by atoms with Crippen molar-refractivity contribution in [1.29, 1.82) is 0 Å². The standard InChI is InChI=1S/C23H28N2O4S/c1-17-14-25(15-18(2)29-17)30(27,28)21-10-8-19(9-11-21)22(26)24-16-23(12-13-23)20-6-4-3-5-7-20/h3-11,17-18H,12-16H2,1-2H3,(H,24,26)/t17-,18+. The van der Waals surface area contributed by atoms with Crippen molar-refractivity contribution in [2.75, 3.05) is 19.6 Å². The molecule has 30 heavy (non-hydrogen) atoms. The van der Waals surface area contributed by atoms with Gasteiger partial charge in [-0.3, -0.25) is 4.79 Å². The second kappa shape index (κ2) is 8.13. The van der Waals surface area contributed by atoms with E-state index < -0.39 is 10.0 Å². The van der Waals surface area contributed by atoms with Crippen LogP contribution in [-0.2, 0) is 20.2 Å². The van der Waals surface area contributed by atoms with Gasteiger partial charge in [-0.1, -0.05) is 30.3 Å². The molecular formula is C23H28N2O4S. The molecule has 1 amide bonds. The van der Waals surface area contributed by atoms with Crippen molar-refractivity contribution in [3.63, 3.8) is 0 Å². The lowest BCUT2D eigenvalue weighted by atomic mass is 9.96. The molecule has 1 aliphatic heterocycles. The average molecular weight is 429 g/mol. The molecule has 1 heterocycles. The number of carbonyl (C=O) groups is 1. The maximum absolute atomic E-state index is 13.0. The summed E-state index contributed by atoms with van der Waals surface area (Å²) in [7, 11) is -3.61. The monoisotopic (exact) mass is 428 g/mol. The van der Waals surface area contributed by atoms with Gasteiger partial charge < -0.3 is 10.1 Å². The number of benzene rings is 2. The van der Waals surface area contributed by atoms with Crippen LogP contribution in [0.25, 0.3) is 0 Å². The molecule has 2 aromatic carbocycles. The summed E-state index contributed by atoms with van der Waals surface area (Å²) in [4.78, 5) is 12.8. The van der Waals surface area contributed by atoms with Crippen molar-refractivity contribution < 1.29 is 17.9 Å². The maximum Gasteiger partial charge on any atom is 0.251 e. The molecule has 4 rings (SSSR count). The molecule has 0 aromatic heterocycles. The second-order valence-electron chi connectivity index (χ2n) is 8.43. The smallest absolute Gasteiger partial charge is 0.251 e. The highest BCUT2D eigenvalue weighted by Gasteiger charge is 2.44. The Labute approximate surface area is 178 Å². The third kappa shape index (κ3) is 4.29. The quantitative estimate of drug-likeness (QED) is 0.768. The number of amides is 1. The lowest BCUT2D eigenvalue weighted by Gasteiger charge is -2.34. The minimum absolute atomic E-state index is 0.0317. The Kier molecular flexibility index (Phi) is 5.70. The Morgan fingerprint density at radius 1 is 1.03 bits per heavy atom. The van der Waals surface area contributed by atoms with E-state index in [4.69, 9.17) is 4.74 Å². The molecule has 2 atom stereocenters. The van der Waals surface area contributed by atoms with Gasteiger partial charge in [0.25, 0.3) is 5.91 Å². The molecule has 160 valence electrons. The van der Waals surface area contributed by atoms with Gasteiger partial charge in [-0.05, 0) is 56.5 Å². The van der Waals surface area contributed by atoms with Crippen LogP contribution in [0.15, 0.2) is 59.5 Å². The van der Waals surface area contributed by atoms with Crippen LogP contribution < -0.4 is 5.32 Å². The van der Waals surface area contributed by atoms with Crippen LogP contribution in [0.4, 0.5) is 0 Å². The van der Waals surface area contributed by atoms with Gasteiger partial charge in [0.05, 0.1) is 17.1 Å². The summed E-state index contributed by atoms with van der Waals surface area (Å²) in [6, 6.07) is 16.4. The number of carbonyl (C=O) groups excluding carboxylic acids is 1. The number of ether oxygens (including phenoxy) is 1. The van der Waals surface area contributed by atoms with Gasteiger partial charge in [0.1, 0.15) is 0 Å². The van der Waals surface area contributed by atoms with Gasteiger partial charge in [-0.15, -0.1) is 0 Å². The van der Waals surface area contributed by atoms with Gasteiger partial charge >= 0.3 is 0 Å². The number of rotatable bonds is 6. The molecule has 1 saturated heterocycles. The van der Waals surface area contributed by atoms with Gasteiger partial charge in [-0.25, -0.2) is 8.42 Å². The van der Waals surface area contributed by atoms with Crippen LogP contribution in [0.2, 0.25) is 0 Å². The molecule has 1 aliphatic carbocycles. The van der Waals surface area contributed by atoms with Gasteiger partial charge in [-0.2, -0.15) is 4.31 Å². The zero-order valence-electron chi connectivity index (χ0n) is 17.4. The minimum Gasteiger partial charge on any atom is -0.373 e. The first-order valence-electron chi connectivity index (χ1n) is 10.4. The fraction of sp³-hybridized carbons (Fsp3) is 0.435. The molecule has 1 saturated carbocycles. The topological polar surface area (TPSA) is 75.7 Å². The molecule has 2 aliphatic rings. The SMILES string of the molecule is C[C@@H]1CN(S(=O)(=O)c2ccc(C(=O)NCC3(c4ccccc4)CC3)cc2)C[C@H](C)O1. The highest BCUT2D eigenvalue weighted by atomic mass is 32.2. The van der Waals surface area contributed by atoms with Crippen molar-refractivity contribution in [1.82, 2.24) is 9.62 Å². The minimum atomic E-state index is -3.61. The van der Waals surface area contributed by atoms with E-state index >= 15 is 0 Å². The molecule has 2 fully saturated rings. The Bertz CT molecular complexity index is 991. The molecule has 2 aromatic rings. The summed E-state index contributed by atoms with van der Waals surface area (Å²) in [5.41, 5.74) is 1.74. The first-order chi connectivity index (χ1) is 14.3. The summed E-state index contributed by atoms with van der Waals surface area (Å²) in [5.74, 6) is -0.185. The van der Waals surface area contributed by atoms with E-state index in [1.54, 1.807) is 12.1 Å². The highest BCUT2D eigenvalue weighted by molar-refractivity contribution is 7.89. The van der Waals surface area contributed by atoms with E-state index in [0.717, 1.165) is 12.8 Å². The molecule has 0 radical (unpaired) electrons. The molecule has 6 nitrogen and oxygen atoms in total. The molecule has 0 unspecified atom stereocenters.